The van der Waals surface area contributed by atoms with Crippen LogP contribution in [-0.2, 0) is 10.0 Å². The maximum Gasteiger partial charge on any atom is 0.337 e. The molecule has 0 aliphatic heterocycles. The van der Waals surface area contributed by atoms with Gasteiger partial charge in [0.2, 0.25) is 10.0 Å². The van der Waals surface area contributed by atoms with E-state index in [-0.39, 0.29) is 43.9 Å². The molecule has 0 atom stereocenters. The smallest absolute Gasteiger partial charge is 0.337 e. The van der Waals surface area contributed by atoms with Crippen molar-refractivity contribution in [2.75, 3.05) is 5.32 Å². The number of primary sulfonamides is 1. The van der Waals surface area contributed by atoms with E-state index >= 15 is 0 Å². The predicted molar refractivity (Wildman–Crippen MR) is 122 cm³/mol. The first-order valence-electron chi connectivity index (χ1n) is 9.71. The number of sulfonamides is 1. The van der Waals surface area contributed by atoms with Gasteiger partial charge in [-0.05, 0) is 42.3 Å². The maximum atomic E-state index is 13.0. The van der Waals surface area contributed by atoms with E-state index in [4.69, 9.17) is 14.9 Å². The van der Waals surface area contributed by atoms with Gasteiger partial charge in [-0.1, -0.05) is 29.4 Å². The van der Waals surface area contributed by atoms with Crippen LogP contribution >= 0.6 is 0 Å². The Labute approximate surface area is 193 Å². The normalized spacial score (nSPS) is 11.2. The number of aryl methyl sites for hydroxylation is 1. The molecule has 170 valence electrons. The zero-order chi connectivity index (χ0) is 24.6. The molecular weight excluding hydrogens is 460 g/mol. The largest absolute Gasteiger partial charge is 0.478 e. The van der Waals surface area contributed by atoms with Gasteiger partial charge in [0.15, 0.2) is 11.3 Å². The summed E-state index contributed by atoms with van der Waals surface area (Å²) in [4.78, 5) is 24.4. The highest BCUT2D eigenvalue weighted by molar-refractivity contribution is 7.89. The van der Waals surface area contributed by atoms with E-state index in [1.165, 1.54) is 24.3 Å². The molecule has 0 aliphatic rings. The standard InChI is InChI=1S/C23H16N4O6S/c1-12-4-2-3-5-14(12)15-9-17-19(10-20(15)34(25,31)32)33-27-21(17)22(28)26-18-7-6-13(11-24)8-16(18)23(29)30/h2-10H,1H3,(H,26,28)(H,29,30)(H2,25,31,32). The summed E-state index contributed by atoms with van der Waals surface area (Å²) < 4.78 is 29.7. The Kier molecular flexibility index (Phi) is 5.62. The fourth-order valence-electron chi connectivity index (χ4n) is 3.53. The minimum absolute atomic E-state index is 0.00444. The molecule has 0 spiro atoms. The molecular formula is C23H16N4O6S. The second-order valence-corrected chi connectivity index (χ2v) is 8.90. The van der Waals surface area contributed by atoms with E-state index in [0.29, 0.717) is 5.56 Å². The molecule has 10 nitrogen and oxygen atoms in total. The number of carboxylic acids is 1. The summed E-state index contributed by atoms with van der Waals surface area (Å²) in [5.41, 5.74) is 1.22. The highest BCUT2D eigenvalue weighted by Crippen LogP contribution is 2.34. The second-order valence-electron chi connectivity index (χ2n) is 7.37. The molecule has 4 N–H and O–H groups in total. The molecule has 0 saturated heterocycles. The fourth-order valence-corrected chi connectivity index (χ4v) is 4.28. The summed E-state index contributed by atoms with van der Waals surface area (Å²) >= 11 is 0. The van der Waals surface area contributed by atoms with Crippen molar-refractivity contribution in [3.63, 3.8) is 0 Å². The Hall–Kier alpha value is -4.53. The average molecular weight is 476 g/mol. The lowest BCUT2D eigenvalue weighted by atomic mass is 9.99. The number of benzene rings is 3. The molecule has 4 aromatic rings. The number of anilines is 1. The Morgan fingerprint density at radius 2 is 1.85 bits per heavy atom. The number of carbonyl (C=O) groups excluding carboxylic acids is 1. The molecule has 3 aromatic carbocycles. The van der Waals surface area contributed by atoms with Gasteiger partial charge in [-0.3, -0.25) is 4.79 Å². The van der Waals surface area contributed by atoms with Crippen LogP contribution in [-0.4, -0.2) is 30.6 Å². The third-order valence-electron chi connectivity index (χ3n) is 5.16. The summed E-state index contributed by atoms with van der Waals surface area (Å²) in [6.45, 7) is 1.80. The molecule has 0 unspecified atom stereocenters. The van der Waals surface area contributed by atoms with Gasteiger partial charge < -0.3 is 14.9 Å². The third-order valence-corrected chi connectivity index (χ3v) is 6.11. The van der Waals surface area contributed by atoms with Crippen LogP contribution in [0.15, 0.2) is 64.0 Å². The van der Waals surface area contributed by atoms with Gasteiger partial charge in [0.1, 0.15) is 0 Å². The maximum absolute atomic E-state index is 13.0. The van der Waals surface area contributed by atoms with Crippen molar-refractivity contribution in [3.8, 4) is 17.2 Å². The summed E-state index contributed by atoms with van der Waals surface area (Å²) in [5, 5.41) is 30.3. The Balaban J connectivity index is 1.85. The minimum atomic E-state index is -4.15. The van der Waals surface area contributed by atoms with Crippen molar-refractivity contribution in [1.82, 2.24) is 5.16 Å². The van der Waals surface area contributed by atoms with E-state index in [9.17, 15) is 23.1 Å². The number of nitriles is 1. The van der Waals surface area contributed by atoms with Crippen LogP contribution in [0, 0.1) is 18.3 Å². The minimum Gasteiger partial charge on any atom is -0.478 e. The Morgan fingerprint density at radius 3 is 2.50 bits per heavy atom. The van der Waals surface area contributed by atoms with Crippen LogP contribution in [0.1, 0.15) is 32.0 Å². The Bertz CT molecular complexity index is 1630. The first kappa shape index (κ1) is 22.7. The van der Waals surface area contributed by atoms with Crippen LogP contribution in [0.2, 0.25) is 0 Å². The van der Waals surface area contributed by atoms with Gasteiger partial charge in [0.05, 0.1) is 33.2 Å². The number of nitrogens with one attached hydrogen (secondary N) is 1. The average Bonchev–Trinajstić information content (AvgIpc) is 3.21. The number of nitrogens with zero attached hydrogens (tertiary/aromatic N) is 2. The number of aromatic nitrogens is 1. The lowest BCUT2D eigenvalue weighted by Gasteiger charge is -2.11. The van der Waals surface area contributed by atoms with Gasteiger partial charge >= 0.3 is 5.97 Å². The SMILES string of the molecule is Cc1ccccc1-c1cc2c(C(=O)Nc3ccc(C#N)cc3C(=O)O)noc2cc1S(N)(=O)=O. The number of rotatable bonds is 5. The van der Waals surface area contributed by atoms with E-state index < -0.39 is 21.9 Å². The molecule has 0 fully saturated rings. The lowest BCUT2D eigenvalue weighted by Crippen LogP contribution is -2.16. The van der Waals surface area contributed by atoms with Gasteiger partial charge in [0.25, 0.3) is 5.91 Å². The summed E-state index contributed by atoms with van der Waals surface area (Å²) in [6, 6.07) is 15.3. The number of amides is 1. The van der Waals surface area contributed by atoms with Crippen molar-refractivity contribution in [3.05, 3.63) is 77.0 Å². The van der Waals surface area contributed by atoms with Crippen LogP contribution in [0.5, 0.6) is 0 Å². The van der Waals surface area contributed by atoms with Crippen LogP contribution in [0.25, 0.3) is 22.1 Å². The molecule has 4 rings (SSSR count). The number of hydrogen-bond donors (Lipinski definition) is 3. The molecule has 0 saturated carbocycles. The first-order chi connectivity index (χ1) is 16.1. The van der Waals surface area contributed by atoms with Gasteiger partial charge in [-0.15, -0.1) is 0 Å². The molecule has 0 bridgehead atoms. The number of carboxylic acid groups (broad SMARTS) is 1. The summed E-state index contributed by atoms with van der Waals surface area (Å²) in [7, 11) is -4.15. The van der Waals surface area contributed by atoms with E-state index in [1.54, 1.807) is 31.2 Å². The first-order valence-corrected chi connectivity index (χ1v) is 11.3. The molecule has 1 amide bonds. The molecule has 1 heterocycles. The van der Waals surface area contributed by atoms with Gasteiger partial charge in [0, 0.05) is 11.6 Å². The predicted octanol–water partition coefficient (Wildman–Crippen LogP) is 3.27. The zero-order valence-corrected chi connectivity index (χ0v) is 18.4. The van der Waals surface area contributed by atoms with Crippen LogP contribution in [0.3, 0.4) is 0 Å². The van der Waals surface area contributed by atoms with Gasteiger partial charge in [-0.2, -0.15) is 5.26 Å². The number of fused-ring (bicyclic) bond motifs is 1. The van der Waals surface area contributed by atoms with E-state index in [0.717, 1.165) is 11.6 Å². The second kappa shape index (κ2) is 8.43. The fraction of sp³-hybridized carbons (Fsp3) is 0.0435. The molecule has 0 aliphatic carbocycles. The summed E-state index contributed by atoms with van der Waals surface area (Å²) in [6.07, 6.45) is 0. The number of hydrogen-bond acceptors (Lipinski definition) is 7. The number of carbonyl (C=O) groups is 2. The van der Waals surface area contributed by atoms with Crippen LogP contribution in [0.4, 0.5) is 5.69 Å². The van der Waals surface area contributed by atoms with Crippen molar-refractivity contribution in [2.24, 2.45) is 5.14 Å². The van der Waals surface area contributed by atoms with Crippen molar-refractivity contribution in [2.45, 2.75) is 11.8 Å². The van der Waals surface area contributed by atoms with E-state index in [1.807, 2.05) is 6.07 Å². The lowest BCUT2D eigenvalue weighted by molar-refractivity contribution is 0.0698. The molecule has 11 heteroatoms. The quantitative estimate of drug-likeness (QED) is 0.393. The zero-order valence-electron chi connectivity index (χ0n) is 17.6. The monoisotopic (exact) mass is 476 g/mol. The highest BCUT2D eigenvalue weighted by Gasteiger charge is 2.24. The highest BCUT2D eigenvalue weighted by atomic mass is 32.2. The third kappa shape index (κ3) is 4.11. The van der Waals surface area contributed by atoms with Crippen molar-refractivity contribution in [1.29, 1.82) is 5.26 Å². The van der Waals surface area contributed by atoms with Crippen molar-refractivity contribution < 1.29 is 27.6 Å². The van der Waals surface area contributed by atoms with Crippen molar-refractivity contribution >= 4 is 38.6 Å². The molecule has 1 aromatic heterocycles. The van der Waals surface area contributed by atoms with Crippen LogP contribution < -0.4 is 10.5 Å². The molecule has 0 radical (unpaired) electrons. The topological polar surface area (TPSA) is 176 Å². The Morgan fingerprint density at radius 1 is 1.12 bits per heavy atom. The van der Waals surface area contributed by atoms with Gasteiger partial charge in [-0.25, -0.2) is 18.4 Å². The van der Waals surface area contributed by atoms with E-state index in [2.05, 4.69) is 10.5 Å². The number of aromatic carboxylic acids is 1. The number of nitrogens with two attached hydrogens (primary N) is 1. The summed E-state index contributed by atoms with van der Waals surface area (Å²) in [5.74, 6) is -2.12. The molecule has 34 heavy (non-hydrogen) atoms.